The van der Waals surface area contributed by atoms with E-state index in [0.29, 0.717) is 5.69 Å². The van der Waals surface area contributed by atoms with Gasteiger partial charge in [0, 0.05) is 11.6 Å². The lowest BCUT2D eigenvalue weighted by Crippen LogP contribution is -2.33. The normalized spacial score (nSPS) is 11.9. The second kappa shape index (κ2) is 8.30. The summed E-state index contributed by atoms with van der Waals surface area (Å²) in [5.74, 6) is 0.625. The van der Waals surface area contributed by atoms with Gasteiger partial charge in [-0.15, -0.1) is 0 Å². The zero-order chi connectivity index (χ0) is 20.3. The van der Waals surface area contributed by atoms with Crippen molar-refractivity contribution in [2.24, 2.45) is 0 Å². The maximum Gasteiger partial charge on any atom is 0.270 e. The number of methoxy groups -OCH3 is 1. The molecule has 1 aromatic heterocycles. The van der Waals surface area contributed by atoms with Gasteiger partial charge < -0.3 is 10.1 Å². The van der Waals surface area contributed by atoms with Crippen LogP contribution in [0.3, 0.4) is 0 Å². The van der Waals surface area contributed by atoms with Crippen LogP contribution in [0, 0.1) is 13.8 Å². The van der Waals surface area contributed by atoms with E-state index in [1.54, 1.807) is 11.8 Å². The molecule has 0 spiro atoms. The smallest absolute Gasteiger partial charge is 0.270 e. The molecule has 0 saturated heterocycles. The van der Waals surface area contributed by atoms with Crippen molar-refractivity contribution >= 4 is 5.91 Å². The molecule has 3 rings (SSSR count). The van der Waals surface area contributed by atoms with Crippen LogP contribution in [0.5, 0.6) is 5.75 Å². The number of aryl methyl sites for hydroxylation is 2. The van der Waals surface area contributed by atoms with E-state index in [0.717, 1.165) is 34.7 Å². The summed E-state index contributed by atoms with van der Waals surface area (Å²) in [6.07, 6.45) is 0.867. The van der Waals surface area contributed by atoms with Gasteiger partial charge in [-0.05, 0) is 57.0 Å². The van der Waals surface area contributed by atoms with Gasteiger partial charge in [0.05, 0.1) is 18.5 Å². The maximum absolute atomic E-state index is 13.0. The Morgan fingerprint density at radius 3 is 2.64 bits per heavy atom. The van der Waals surface area contributed by atoms with Gasteiger partial charge in [-0.3, -0.25) is 4.79 Å². The van der Waals surface area contributed by atoms with E-state index in [1.165, 1.54) is 5.56 Å². The highest BCUT2D eigenvalue weighted by atomic mass is 16.5. The van der Waals surface area contributed by atoms with Gasteiger partial charge in [-0.25, -0.2) is 4.68 Å². The molecule has 5 heteroatoms. The molecule has 0 fully saturated rings. The minimum atomic E-state index is -0.129. The van der Waals surface area contributed by atoms with E-state index >= 15 is 0 Å². The van der Waals surface area contributed by atoms with Crippen molar-refractivity contribution in [3.8, 4) is 22.7 Å². The van der Waals surface area contributed by atoms with Gasteiger partial charge in [0.2, 0.25) is 0 Å². The third kappa shape index (κ3) is 4.09. The van der Waals surface area contributed by atoms with Gasteiger partial charge in [0.25, 0.3) is 5.91 Å². The fourth-order valence-corrected chi connectivity index (χ4v) is 3.09. The minimum absolute atomic E-state index is 0.0928. The van der Waals surface area contributed by atoms with Crippen LogP contribution in [0.15, 0.2) is 48.5 Å². The standard InChI is InChI=1S/C23H27N3O2/c1-6-17(4)24-23(27)22-14-20(18-8-7-9-19(13-18)28-5)25-26(22)21-11-10-15(2)12-16(21)3/h7-14,17H,6H2,1-5H3,(H,24,27). The highest BCUT2D eigenvalue weighted by Gasteiger charge is 2.20. The molecule has 2 aromatic carbocycles. The summed E-state index contributed by atoms with van der Waals surface area (Å²) in [7, 11) is 1.64. The zero-order valence-electron chi connectivity index (χ0n) is 17.1. The van der Waals surface area contributed by atoms with Crippen molar-refractivity contribution in [1.29, 1.82) is 0 Å². The second-order valence-corrected chi connectivity index (χ2v) is 7.13. The SMILES string of the molecule is CCC(C)NC(=O)c1cc(-c2cccc(OC)c2)nn1-c1ccc(C)cc1C. The predicted molar refractivity (Wildman–Crippen MR) is 112 cm³/mol. The number of carbonyl (C=O) groups is 1. The lowest BCUT2D eigenvalue weighted by molar-refractivity contribution is 0.0931. The minimum Gasteiger partial charge on any atom is -0.497 e. The van der Waals surface area contributed by atoms with Crippen LogP contribution in [0.4, 0.5) is 0 Å². The molecule has 1 N–H and O–H groups in total. The Morgan fingerprint density at radius 2 is 1.96 bits per heavy atom. The Bertz CT molecular complexity index is 991. The number of rotatable bonds is 6. The van der Waals surface area contributed by atoms with Crippen LogP contribution in [0.2, 0.25) is 0 Å². The van der Waals surface area contributed by atoms with Gasteiger partial charge in [-0.2, -0.15) is 5.10 Å². The predicted octanol–water partition coefficient (Wildman–Crippen LogP) is 4.69. The third-order valence-electron chi connectivity index (χ3n) is 4.88. The Balaban J connectivity index is 2.12. The molecule has 0 aliphatic rings. The summed E-state index contributed by atoms with van der Waals surface area (Å²) < 4.78 is 7.07. The van der Waals surface area contributed by atoms with Gasteiger partial charge in [0.15, 0.2) is 0 Å². The Morgan fingerprint density at radius 1 is 1.18 bits per heavy atom. The molecule has 1 heterocycles. The van der Waals surface area contributed by atoms with Crippen molar-refractivity contribution in [3.05, 3.63) is 65.4 Å². The van der Waals surface area contributed by atoms with Gasteiger partial charge >= 0.3 is 0 Å². The number of hydrogen-bond donors (Lipinski definition) is 1. The first kappa shape index (κ1) is 19.7. The highest BCUT2D eigenvalue weighted by molar-refractivity contribution is 5.94. The van der Waals surface area contributed by atoms with Crippen LogP contribution in [0.25, 0.3) is 16.9 Å². The van der Waals surface area contributed by atoms with Gasteiger partial charge in [-0.1, -0.05) is 36.8 Å². The number of benzene rings is 2. The summed E-state index contributed by atoms with van der Waals surface area (Å²) in [5.41, 5.74) is 5.29. The first-order valence-corrected chi connectivity index (χ1v) is 9.56. The molecule has 0 aliphatic carbocycles. The monoisotopic (exact) mass is 377 g/mol. The second-order valence-electron chi connectivity index (χ2n) is 7.13. The molecule has 0 bridgehead atoms. The van der Waals surface area contributed by atoms with E-state index in [1.807, 2.05) is 63.2 Å². The molecule has 1 atom stereocenters. The number of ether oxygens (including phenoxy) is 1. The molecular weight excluding hydrogens is 350 g/mol. The molecule has 0 aliphatic heterocycles. The maximum atomic E-state index is 13.0. The topological polar surface area (TPSA) is 56.1 Å². The number of hydrogen-bond acceptors (Lipinski definition) is 3. The van der Waals surface area contributed by atoms with Crippen LogP contribution in [-0.4, -0.2) is 28.8 Å². The zero-order valence-corrected chi connectivity index (χ0v) is 17.1. The van der Waals surface area contributed by atoms with Crippen LogP contribution < -0.4 is 10.1 Å². The largest absolute Gasteiger partial charge is 0.497 e. The Labute approximate surface area is 166 Å². The van der Waals surface area contributed by atoms with E-state index in [-0.39, 0.29) is 11.9 Å². The molecule has 5 nitrogen and oxygen atoms in total. The highest BCUT2D eigenvalue weighted by Crippen LogP contribution is 2.26. The van der Waals surface area contributed by atoms with Crippen molar-refractivity contribution in [2.45, 2.75) is 40.2 Å². The van der Waals surface area contributed by atoms with Crippen LogP contribution in [0.1, 0.15) is 41.9 Å². The van der Waals surface area contributed by atoms with Crippen LogP contribution >= 0.6 is 0 Å². The molecular formula is C23H27N3O2. The third-order valence-corrected chi connectivity index (χ3v) is 4.88. The van der Waals surface area contributed by atoms with E-state index in [4.69, 9.17) is 9.84 Å². The molecule has 3 aromatic rings. The summed E-state index contributed by atoms with van der Waals surface area (Å²) >= 11 is 0. The van der Waals surface area contributed by atoms with Crippen molar-refractivity contribution < 1.29 is 9.53 Å². The van der Waals surface area contributed by atoms with E-state index < -0.39 is 0 Å². The molecule has 0 saturated carbocycles. The molecule has 28 heavy (non-hydrogen) atoms. The van der Waals surface area contributed by atoms with Crippen molar-refractivity contribution in [2.75, 3.05) is 7.11 Å². The number of aromatic nitrogens is 2. The molecule has 0 radical (unpaired) electrons. The Kier molecular flexibility index (Phi) is 5.83. The summed E-state index contributed by atoms with van der Waals surface area (Å²) in [6, 6.07) is 15.8. The summed E-state index contributed by atoms with van der Waals surface area (Å²) in [6.45, 7) is 8.14. The van der Waals surface area contributed by atoms with E-state index in [9.17, 15) is 4.79 Å². The van der Waals surface area contributed by atoms with Crippen LogP contribution in [-0.2, 0) is 0 Å². The van der Waals surface area contributed by atoms with Crippen molar-refractivity contribution in [1.82, 2.24) is 15.1 Å². The molecule has 1 amide bonds. The fourth-order valence-electron chi connectivity index (χ4n) is 3.09. The summed E-state index contributed by atoms with van der Waals surface area (Å²) in [5, 5.41) is 7.82. The van der Waals surface area contributed by atoms with Gasteiger partial charge in [0.1, 0.15) is 11.4 Å². The lowest BCUT2D eigenvalue weighted by atomic mass is 10.1. The number of amides is 1. The first-order valence-electron chi connectivity index (χ1n) is 9.56. The van der Waals surface area contributed by atoms with E-state index in [2.05, 4.69) is 18.3 Å². The number of nitrogens with one attached hydrogen (secondary N) is 1. The quantitative estimate of drug-likeness (QED) is 0.678. The molecule has 1 unspecified atom stereocenters. The first-order chi connectivity index (χ1) is 13.4. The number of nitrogens with zero attached hydrogens (tertiary/aromatic N) is 2. The molecule has 146 valence electrons. The fraction of sp³-hybridized carbons (Fsp3) is 0.304. The van der Waals surface area contributed by atoms with Crippen molar-refractivity contribution in [3.63, 3.8) is 0 Å². The summed E-state index contributed by atoms with van der Waals surface area (Å²) in [4.78, 5) is 13.0. The Hall–Kier alpha value is -3.08. The number of carbonyl (C=O) groups excluding carboxylic acids is 1. The average molecular weight is 377 g/mol. The average Bonchev–Trinajstić information content (AvgIpc) is 3.13. The lowest BCUT2D eigenvalue weighted by Gasteiger charge is -2.14.